The van der Waals surface area contributed by atoms with Crippen molar-refractivity contribution in [2.45, 2.75) is 32.6 Å². The lowest BCUT2D eigenvalue weighted by atomic mass is 10.2. The van der Waals surface area contributed by atoms with Gasteiger partial charge in [-0.25, -0.2) is 8.42 Å². The van der Waals surface area contributed by atoms with Crippen LogP contribution in [0.3, 0.4) is 0 Å². The molecule has 0 saturated heterocycles. The van der Waals surface area contributed by atoms with Crippen molar-refractivity contribution in [1.82, 2.24) is 0 Å². The number of hydrogen-bond acceptors (Lipinski definition) is 5. The molecule has 8 heteroatoms. The van der Waals surface area contributed by atoms with Gasteiger partial charge in [-0.05, 0) is 12.5 Å². The standard InChI is InChI=1S/C12H18N2O5S/c1-2-3-4-5-8-20(18,19)13-11-7-6-10(14(16)17)9-12(11)15/h6-7,9,13,15H,2-5,8H2,1H3. The molecule has 1 rings (SSSR count). The molecule has 0 saturated carbocycles. The average Bonchev–Trinajstić information content (AvgIpc) is 2.37. The number of benzene rings is 1. The maximum atomic E-state index is 11.8. The first-order valence-electron chi connectivity index (χ1n) is 6.33. The van der Waals surface area contributed by atoms with Crippen LogP contribution in [0.4, 0.5) is 11.4 Å². The lowest BCUT2D eigenvalue weighted by molar-refractivity contribution is -0.384. The summed E-state index contributed by atoms with van der Waals surface area (Å²) in [5.74, 6) is -0.500. The van der Waals surface area contributed by atoms with Crippen LogP contribution in [0.25, 0.3) is 0 Å². The molecule has 0 radical (unpaired) electrons. The summed E-state index contributed by atoms with van der Waals surface area (Å²) in [5, 5.41) is 20.1. The largest absolute Gasteiger partial charge is 0.505 e. The minimum atomic E-state index is -3.55. The van der Waals surface area contributed by atoms with Gasteiger partial charge < -0.3 is 5.11 Å². The summed E-state index contributed by atoms with van der Waals surface area (Å²) < 4.78 is 25.8. The Bertz CT molecular complexity index is 571. The van der Waals surface area contributed by atoms with Crippen molar-refractivity contribution < 1.29 is 18.4 Å². The van der Waals surface area contributed by atoms with Crippen molar-refractivity contribution in [3.05, 3.63) is 28.3 Å². The van der Waals surface area contributed by atoms with E-state index < -0.39 is 20.7 Å². The van der Waals surface area contributed by atoms with E-state index in [0.717, 1.165) is 31.4 Å². The van der Waals surface area contributed by atoms with Crippen molar-refractivity contribution in [3.8, 4) is 5.75 Å². The van der Waals surface area contributed by atoms with Crippen molar-refractivity contribution in [3.63, 3.8) is 0 Å². The highest BCUT2D eigenvalue weighted by Gasteiger charge is 2.15. The summed E-state index contributed by atoms with van der Waals surface area (Å²) in [6, 6.07) is 3.22. The summed E-state index contributed by atoms with van der Waals surface area (Å²) in [5.41, 5.74) is -0.348. The Balaban J connectivity index is 2.70. The van der Waals surface area contributed by atoms with E-state index in [1.165, 1.54) is 6.07 Å². The normalized spacial score (nSPS) is 11.2. The Hall–Kier alpha value is -1.83. The molecule has 0 aliphatic rings. The number of nitro groups is 1. The molecular weight excluding hydrogens is 284 g/mol. The second kappa shape index (κ2) is 7.09. The summed E-state index contributed by atoms with van der Waals surface area (Å²) in [6.45, 7) is 2.03. The summed E-state index contributed by atoms with van der Waals surface area (Å²) in [6.07, 6.45) is 3.34. The first-order chi connectivity index (χ1) is 9.35. The van der Waals surface area contributed by atoms with Gasteiger partial charge in [0.2, 0.25) is 10.0 Å². The molecule has 0 atom stereocenters. The number of rotatable bonds is 8. The molecule has 0 fully saturated rings. The third-order valence-corrected chi connectivity index (χ3v) is 4.08. The number of phenolic OH excluding ortho intramolecular Hbond substituents is 1. The molecule has 2 N–H and O–H groups in total. The number of nitrogens with zero attached hydrogens (tertiary/aromatic N) is 1. The zero-order chi connectivity index (χ0) is 15.2. The van der Waals surface area contributed by atoms with Gasteiger partial charge in [0.25, 0.3) is 5.69 Å². The molecule has 0 heterocycles. The number of sulfonamides is 1. The van der Waals surface area contributed by atoms with Gasteiger partial charge in [-0.1, -0.05) is 26.2 Å². The molecule has 112 valence electrons. The lowest BCUT2D eigenvalue weighted by Crippen LogP contribution is -2.16. The van der Waals surface area contributed by atoms with Gasteiger partial charge in [0.15, 0.2) is 0 Å². The molecule has 20 heavy (non-hydrogen) atoms. The molecule has 0 aliphatic carbocycles. The number of hydrogen-bond donors (Lipinski definition) is 2. The number of anilines is 1. The van der Waals surface area contributed by atoms with E-state index in [1.807, 2.05) is 6.92 Å². The quantitative estimate of drug-likeness (QED) is 0.332. The first kappa shape index (κ1) is 16.2. The van der Waals surface area contributed by atoms with E-state index in [9.17, 15) is 23.6 Å². The van der Waals surface area contributed by atoms with Gasteiger partial charge in [0.1, 0.15) is 5.75 Å². The van der Waals surface area contributed by atoms with Crippen LogP contribution in [0.5, 0.6) is 5.75 Å². The van der Waals surface area contributed by atoms with Crippen molar-refractivity contribution in [2.75, 3.05) is 10.5 Å². The minimum absolute atomic E-state index is 0.0383. The molecule has 0 spiro atoms. The number of phenols is 1. The van der Waals surface area contributed by atoms with Gasteiger partial charge in [0.05, 0.1) is 22.4 Å². The number of nitrogens with one attached hydrogen (secondary N) is 1. The van der Waals surface area contributed by atoms with Crippen LogP contribution < -0.4 is 4.72 Å². The molecule has 7 nitrogen and oxygen atoms in total. The molecule has 1 aromatic rings. The van der Waals surface area contributed by atoms with E-state index >= 15 is 0 Å². The predicted octanol–water partition coefficient (Wildman–Crippen LogP) is 2.62. The fourth-order valence-electron chi connectivity index (χ4n) is 1.66. The third-order valence-electron chi connectivity index (χ3n) is 2.72. The second-order valence-electron chi connectivity index (χ2n) is 4.44. The maximum Gasteiger partial charge on any atom is 0.273 e. The second-order valence-corrected chi connectivity index (χ2v) is 6.28. The molecule has 0 aliphatic heterocycles. The zero-order valence-corrected chi connectivity index (χ0v) is 12.0. The number of nitro benzene ring substituents is 1. The molecule has 0 amide bonds. The van der Waals surface area contributed by atoms with E-state index in [0.29, 0.717) is 6.42 Å². The van der Waals surface area contributed by atoms with E-state index in [4.69, 9.17) is 0 Å². The Morgan fingerprint density at radius 3 is 2.55 bits per heavy atom. The first-order valence-corrected chi connectivity index (χ1v) is 7.99. The van der Waals surface area contributed by atoms with E-state index in [1.54, 1.807) is 0 Å². The molecular formula is C12H18N2O5S. The van der Waals surface area contributed by atoms with Gasteiger partial charge in [-0.2, -0.15) is 0 Å². The van der Waals surface area contributed by atoms with Crippen LogP contribution in [0.1, 0.15) is 32.6 Å². The van der Waals surface area contributed by atoms with Crippen molar-refractivity contribution >= 4 is 21.4 Å². The van der Waals surface area contributed by atoms with Crippen LogP contribution in [0.2, 0.25) is 0 Å². The van der Waals surface area contributed by atoms with Gasteiger partial charge in [0, 0.05) is 6.07 Å². The Morgan fingerprint density at radius 1 is 1.30 bits per heavy atom. The average molecular weight is 302 g/mol. The highest BCUT2D eigenvalue weighted by atomic mass is 32.2. The van der Waals surface area contributed by atoms with Crippen LogP contribution in [-0.2, 0) is 10.0 Å². The Kier molecular flexibility index (Phi) is 5.75. The fourth-order valence-corrected chi connectivity index (χ4v) is 2.85. The number of unbranched alkanes of at least 4 members (excludes halogenated alkanes) is 3. The van der Waals surface area contributed by atoms with Crippen LogP contribution >= 0.6 is 0 Å². The topological polar surface area (TPSA) is 110 Å². The van der Waals surface area contributed by atoms with Crippen molar-refractivity contribution in [2.24, 2.45) is 0 Å². The fraction of sp³-hybridized carbons (Fsp3) is 0.500. The summed E-state index contributed by atoms with van der Waals surface area (Å²) >= 11 is 0. The highest BCUT2D eigenvalue weighted by molar-refractivity contribution is 7.92. The monoisotopic (exact) mass is 302 g/mol. The van der Waals surface area contributed by atoms with Gasteiger partial charge in [-0.15, -0.1) is 0 Å². The highest BCUT2D eigenvalue weighted by Crippen LogP contribution is 2.28. The third kappa shape index (κ3) is 5.04. The summed E-state index contributed by atoms with van der Waals surface area (Å²) in [7, 11) is -3.55. The molecule has 0 unspecified atom stereocenters. The minimum Gasteiger partial charge on any atom is -0.505 e. The predicted molar refractivity (Wildman–Crippen MR) is 76.3 cm³/mol. The Labute approximate surface area is 117 Å². The maximum absolute atomic E-state index is 11.8. The van der Waals surface area contributed by atoms with Crippen LogP contribution in [0, 0.1) is 10.1 Å². The van der Waals surface area contributed by atoms with Gasteiger partial charge >= 0.3 is 0 Å². The SMILES string of the molecule is CCCCCCS(=O)(=O)Nc1ccc([N+](=O)[O-])cc1O. The van der Waals surface area contributed by atoms with Crippen LogP contribution in [0.15, 0.2) is 18.2 Å². The molecule has 1 aromatic carbocycles. The van der Waals surface area contributed by atoms with Crippen LogP contribution in [-0.4, -0.2) is 24.2 Å². The zero-order valence-electron chi connectivity index (χ0n) is 11.2. The lowest BCUT2D eigenvalue weighted by Gasteiger charge is -2.09. The molecule has 0 aromatic heterocycles. The van der Waals surface area contributed by atoms with E-state index in [-0.39, 0.29) is 17.1 Å². The smallest absolute Gasteiger partial charge is 0.273 e. The number of non-ortho nitro benzene ring substituents is 1. The van der Waals surface area contributed by atoms with Gasteiger partial charge in [-0.3, -0.25) is 14.8 Å². The van der Waals surface area contributed by atoms with E-state index in [2.05, 4.69) is 4.72 Å². The Morgan fingerprint density at radius 2 is 2.00 bits per heavy atom. The number of aromatic hydroxyl groups is 1. The van der Waals surface area contributed by atoms with Crippen molar-refractivity contribution in [1.29, 1.82) is 0 Å². The summed E-state index contributed by atoms with van der Waals surface area (Å²) in [4.78, 5) is 9.84. The molecule has 0 bridgehead atoms.